The molecule has 1 unspecified atom stereocenters. The van der Waals surface area contributed by atoms with Gasteiger partial charge in [0.1, 0.15) is 0 Å². The van der Waals surface area contributed by atoms with E-state index < -0.39 is 0 Å². The molecule has 2 heteroatoms. The quantitative estimate of drug-likeness (QED) is 0.709. The van der Waals surface area contributed by atoms with E-state index in [1.165, 1.54) is 27.4 Å². The van der Waals surface area contributed by atoms with Gasteiger partial charge in [0.2, 0.25) is 0 Å². The topological polar surface area (TPSA) is 27.8 Å². The summed E-state index contributed by atoms with van der Waals surface area (Å²) in [4.78, 5) is 3.46. The first-order valence-corrected chi connectivity index (χ1v) is 6.53. The molecule has 0 fully saturated rings. The third-order valence-corrected chi connectivity index (χ3v) is 3.54. The average Bonchev–Trinajstić information content (AvgIpc) is 2.76. The van der Waals surface area contributed by atoms with E-state index in [0.717, 1.165) is 6.54 Å². The predicted molar refractivity (Wildman–Crippen MR) is 77.9 cm³/mol. The first-order valence-electron chi connectivity index (χ1n) is 6.53. The molecule has 0 bridgehead atoms. The van der Waals surface area contributed by atoms with Crippen molar-refractivity contribution in [3.05, 3.63) is 48.0 Å². The molecule has 0 aliphatic carbocycles. The van der Waals surface area contributed by atoms with Crippen molar-refractivity contribution in [3.63, 3.8) is 0 Å². The molecule has 1 atom stereocenters. The minimum Gasteiger partial charge on any atom is -0.355 e. The van der Waals surface area contributed by atoms with Crippen molar-refractivity contribution in [1.82, 2.24) is 10.3 Å². The maximum absolute atomic E-state index is 3.46. The summed E-state index contributed by atoms with van der Waals surface area (Å²) in [6.45, 7) is 5.34. The molecule has 2 N–H and O–H groups in total. The molecular weight excluding hydrogens is 220 g/mol. The molecule has 3 aromatic rings. The predicted octanol–water partition coefficient (Wildman–Crippen LogP) is 3.99. The number of aromatic nitrogens is 1. The Labute approximate surface area is 107 Å². The number of benzene rings is 2. The zero-order valence-corrected chi connectivity index (χ0v) is 10.8. The maximum Gasteiger partial charge on any atom is 0.0465 e. The lowest BCUT2D eigenvalue weighted by molar-refractivity contribution is 0.599. The van der Waals surface area contributed by atoms with Crippen LogP contribution >= 0.6 is 0 Å². The highest BCUT2D eigenvalue weighted by atomic mass is 14.9. The van der Waals surface area contributed by atoms with Gasteiger partial charge in [0.05, 0.1) is 0 Å². The molecule has 0 amide bonds. The van der Waals surface area contributed by atoms with Gasteiger partial charge in [0.25, 0.3) is 0 Å². The van der Waals surface area contributed by atoms with Gasteiger partial charge < -0.3 is 10.3 Å². The monoisotopic (exact) mass is 238 g/mol. The number of fused-ring (bicyclic) bond motifs is 3. The van der Waals surface area contributed by atoms with Crippen molar-refractivity contribution in [3.8, 4) is 0 Å². The first-order chi connectivity index (χ1) is 8.79. The fourth-order valence-corrected chi connectivity index (χ4v) is 2.56. The van der Waals surface area contributed by atoms with Gasteiger partial charge in [-0.1, -0.05) is 31.2 Å². The van der Waals surface area contributed by atoms with Gasteiger partial charge in [-0.3, -0.25) is 0 Å². The summed E-state index contributed by atoms with van der Waals surface area (Å²) in [6, 6.07) is 15.5. The highest BCUT2D eigenvalue weighted by Crippen LogP contribution is 2.27. The van der Waals surface area contributed by atoms with Gasteiger partial charge in [0.15, 0.2) is 0 Å². The van der Waals surface area contributed by atoms with Crippen molar-refractivity contribution in [2.75, 3.05) is 6.54 Å². The van der Waals surface area contributed by atoms with Crippen molar-refractivity contribution in [1.29, 1.82) is 0 Å². The van der Waals surface area contributed by atoms with Gasteiger partial charge in [-0.05, 0) is 37.2 Å². The number of H-pyrrole nitrogens is 1. The summed E-state index contributed by atoms with van der Waals surface area (Å²) in [5, 5.41) is 6.07. The van der Waals surface area contributed by atoms with Crippen LogP contribution in [0.2, 0.25) is 0 Å². The standard InChI is InChI=1S/C16H18N2/c1-3-17-11(2)12-8-9-16-14(10-12)13-6-4-5-7-15(13)18-16/h4-11,17-18H,3H2,1-2H3. The lowest BCUT2D eigenvalue weighted by Gasteiger charge is -2.12. The Morgan fingerprint density at radius 1 is 1.06 bits per heavy atom. The Morgan fingerprint density at radius 3 is 2.67 bits per heavy atom. The summed E-state index contributed by atoms with van der Waals surface area (Å²) in [5.74, 6) is 0. The van der Waals surface area contributed by atoms with E-state index in [1.807, 2.05) is 0 Å². The van der Waals surface area contributed by atoms with E-state index in [0.29, 0.717) is 6.04 Å². The van der Waals surface area contributed by atoms with Gasteiger partial charge in [0, 0.05) is 27.8 Å². The average molecular weight is 238 g/mol. The third kappa shape index (κ3) is 1.79. The van der Waals surface area contributed by atoms with Gasteiger partial charge in [-0.2, -0.15) is 0 Å². The molecule has 2 nitrogen and oxygen atoms in total. The van der Waals surface area contributed by atoms with Crippen LogP contribution in [0.1, 0.15) is 25.5 Å². The molecule has 2 aromatic carbocycles. The molecule has 0 saturated carbocycles. The summed E-state index contributed by atoms with van der Waals surface area (Å²) in [6.07, 6.45) is 0. The fraction of sp³-hybridized carbons (Fsp3) is 0.250. The van der Waals surface area contributed by atoms with Crippen molar-refractivity contribution >= 4 is 21.8 Å². The van der Waals surface area contributed by atoms with E-state index in [9.17, 15) is 0 Å². The van der Waals surface area contributed by atoms with Crippen molar-refractivity contribution in [2.45, 2.75) is 19.9 Å². The number of rotatable bonds is 3. The maximum atomic E-state index is 3.46. The minimum absolute atomic E-state index is 0.396. The van der Waals surface area contributed by atoms with Crippen LogP contribution in [-0.4, -0.2) is 11.5 Å². The van der Waals surface area contributed by atoms with Crippen LogP contribution in [0.4, 0.5) is 0 Å². The van der Waals surface area contributed by atoms with Crippen LogP contribution in [0, 0.1) is 0 Å². The number of aromatic amines is 1. The molecule has 3 rings (SSSR count). The number of hydrogen-bond donors (Lipinski definition) is 2. The molecule has 0 radical (unpaired) electrons. The van der Waals surface area contributed by atoms with Crippen LogP contribution in [0.5, 0.6) is 0 Å². The molecule has 18 heavy (non-hydrogen) atoms. The second kappa shape index (κ2) is 4.46. The van der Waals surface area contributed by atoms with E-state index in [-0.39, 0.29) is 0 Å². The minimum atomic E-state index is 0.396. The van der Waals surface area contributed by atoms with Gasteiger partial charge in [-0.15, -0.1) is 0 Å². The molecule has 0 aliphatic heterocycles. The zero-order valence-electron chi connectivity index (χ0n) is 10.8. The van der Waals surface area contributed by atoms with Gasteiger partial charge in [-0.25, -0.2) is 0 Å². The molecule has 0 spiro atoms. The molecule has 0 aliphatic rings. The van der Waals surface area contributed by atoms with E-state index in [2.05, 4.69) is 66.6 Å². The van der Waals surface area contributed by atoms with Crippen LogP contribution < -0.4 is 5.32 Å². The zero-order chi connectivity index (χ0) is 12.5. The molecular formula is C16H18N2. The lowest BCUT2D eigenvalue weighted by Crippen LogP contribution is -2.17. The highest BCUT2D eigenvalue weighted by Gasteiger charge is 2.07. The second-order valence-corrected chi connectivity index (χ2v) is 4.75. The van der Waals surface area contributed by atoms with E-state index in [1.54, 1.807) is 0 Å². The summed E-state index contributed by atoms with van der Waals surface area (Å²) in [5.41, 5.74) is 3.76. The molecule has 1 heterocycles. The smallest absolute Gasteiger partial charge is 0.0465 e. The molecule has 1 aromatic heterocycles. The Balaban J connectivity index is 2.18. The Morgan fingerprint density at radius 2 is 1.83 bits per heavy atom. The summed E-state index contributed by atoms with van der Waals surface area (Å²) < 4.78 is 0. The SMILES string of the molecule is CCNC(C)c1ccc2[nH]c3ccccc3c2c1. The number of para-hydroxylation sites is 1. The summed E-state index contributed by atoms with van der Waals surface area (Å²) in [7, 11) is 0. The Kier molecular flexibility index (Phi) is 2.80. The molecule has 92 valence electrons. The highest BCUT2D eigenvalue weighted by molar-refractivity contribution is 6.07. The van der Waals surface area contributed by atoms with Crippen molar-refractivity contribution < 1.29 is 0 Å². The van der Waals surface area contributed by atoms with Crippen molar-refractivity contribution in [2.24, 2.45) is 0 Å². The normalized spacial score (nSPS) is 13.2. The van der Waals surface area contributed by atoms with Crippen LogP contribution in [0.3, 0.4) is 0 Å². The lowest BCUT2D eigenvalue weighted by atomic mass is 10.0. The van der Waals surface area contributed by atoms with Crippen LogP contribution in [0.15, 0.2) is 42.5 Å². The molecule has 0 saturated heterocycles. The third-order valence-electron chi connectivity index (χ3n) is 3.54. The van der Waals surface area contributed by atoms with E-state index in [4.69, 9.17) is 0 Å². The van der Waals surface area contributed by atoms with Crippen LogP contribution in [0.25, 0.3) is 21.8 Å². The van der Waals surface area contributed by atoms with Gasteiger partial charge >= 0.3 is 0 Å². The summed E-state index contributed by atoms with van der Waals surface area (Å²) >= 11 is 0. The van der Waals surface area contributed by atoms with E-state index >= 15 is 0 Å². The largest absolute Gasteiger partial charge is 0.355 e. The Hall–Kier alpha value is -1.80. The number of nitrogens with one attached hydrogen (secondary N) is 2. The second-order valence-electron chi connectivity index (χ2n) is 4.75. The Bertz CT molecular complexity index is 682. The number of hydrogen-bond acceptors (Lipinski definition) is 1. The van der Waals surface area contributed by atoms with Crippen LogP contribution in [-0.2, 0) is 0 Å². The first kappa shape index (κ1) is 11.3. The fourth-order valence-electron chi connectivity index (χ4n) is 2.56.